The van der Waals surface area contributed by atoms with Crippen LogP contribution in [-0.2, 0) is 20.7 Å². The molecule has 2 fully saturated rings. The third-order valence-corrected chi connectivity index (χ3v) is 7.55. The van der Waals surface area contributed by atoms with Crippen LogP contribution in [0.1, 0.15) is 48.5 Å². The van der Waals surface area contributed by atoms with E-state index in [1.807, 2.05) is 0 Å². The first-order chi connectivity index (χ1) is 20.8. The molecule has 0 bridgehead atoms. The van der Waals surface area contributed by atoms with Gasteiger partial charge in [0.1, 0.15) is 17.8 Å². The van der Waals surface area contributed by atoms with Gasteiger partial charge in [-0.1, -0.05) is 12.1 Å². The lowest BCUT2D eigenvalue weighted by atomic mass is 10.0. The van der Waals surface area contributed by atoms with E-state index in [2.05, 4.69) is 16.0 Å². The van der Waals surface area contributed by atoms with Crippen LogP contribution < -0.4 is 21.1 Å². The van der Waals surface area contributed by atoms with Gasteiger partial charge in [-0.2, -0.15) is 13.2 Å². The monoisotopic (exact) mass is 622 g/mol. The number of piperidine rings is 1. The number of esters is 1. The molecule has 2 aliphatic heterocycles. The van der Waals surface area contributed by atoms with Crippen molar-refractivity contribution in [2.75, 3.05) is 38.1 Å². The molecule has 2 aromatic carbocycles. The first-order valence-corrected chi connectivity index (χ1v) is 14.4. The van der Waals surface area contributed by atoms with E-state index in [-0.39, 0.29) is 30.7 Å². The predicted molar refractivity (Wildman–Crippen MR) is 151 cm³/mol. The number of halogens is 3. The fourth-order valence-electron chi connectivity index (χ4n) is 5.40. The molecule has 0 saturated carbocycles. The number of nitrogens with one attached hydrogen (secondary N) is 3. The summed E-state index contributed by atoms with van der Waals surface area (Å²) in [5, 5.41) is 27.1. The number of hydrogen-bond donors (Lipinski definition) is 4. The van der Waals surface area contributed by atoms with Crippen molar-refractivity contribution >= 4 is 29.6 Å². The Morgan fingerprint density at radius 3 is 2.18 bits per heavy atom. The van der Waals surface area contributed by atoms with E-state index >= 15 is 0 Å². The minimum absolute atomic E-state index is 0.0909. The summed E-state index contributed by atoms with van der Waals surface area (Å²) in [6.45, 7) is 6.41. The summed E-state index contributed by atoms with van der Waals surface area (Å²) in [5.74, 6) is -3.51. The van der Waals surface area contributed by atoms with E-state index in [1.54, 1.807) is 55.5 Å². The van der Waals surface area contributed by atoms with Gasteiger partial charge in [0.05, 0.1) is 44.4 Å². The topological polar surface area (TPSA) is 157 Å². The van der Waals surface area contributed by atoms with Crippen LogP contribution in [0.25, 0.3) is 0 Å². The molecule has 2 aliphatic rings. The maximum Gasteiger partial charge on any atom is 0.430 e. The number of rotatable bonds is 8. The lowest BCUT2D eigenvalue weighted by Gasteiger charge is -2.38. The molecule has 2 aromatic rings. The number of amides is 3. The molecule has 11 nitrogen and oxygen atoms in total. The zero-order valence-electron chi connectivity index (χ0n) is 24.3. The molecule has 0 radical (unpaired) electrons. The number of anilines is 1. The maximum atomic E-state index is 13.3. The SMILES string of the molecule is CCOC(=O)c1ccc(NC(=O)N[C@@H](Cc2ccc(O)cc2)C(=O)N[C@H]2CC[N+]3(CCCCC3)C2)cc1.O=C([O-])C(F)(F)F. The number of nitrogens with zero attached hydrogens (tertiary/aromatic N) is 1. The number of quaternary nitrogens is 1. The number of carbonyl (C=O) groups excluding carboxylic acids is 4. The molecule has 240 valence electrons. The molecule has 4 rings (SSSR count). The van der Waals surface area contributed by atoms with Crippen molar-refractivity contribution in [3.8, 4) is 5.75 Å². The lowest BCUT2D eigenvalue weighted by Crippen LogP contribution is -2.54. The number of phenolic OH excluding ortho intramolecular Hbond substituents is 1. The van der Waals surface area contributed by atoms with E-state index in [4.69, 9.17) is 14.6 Å². The average molecular weight is 623 g/mol. The highest BCUT2D eigenvalue weighted by Crippen LogP contribution is 2.26. The molecule has 4 N–H and O–H groups in total. The van der Waals surface area contributed by atoms with Crippen LogP contribution in [0, 0.1) is 0 Å². The standard InChI is InChI=1S/C28H36N4O5.C2HF3O2/c1-2-37-27(35)21-8-10-22(11-9-21)30-28(36)31-25(18-20-6-12-24(33)13-7-20)26(34)29-23-14-17-32(19-23)15-4-3-5-16-32;3-2(4,5)1(6)7/h6-13,23,25H,2-5,14-19H2,1H3,(H3-,29,30,31,33,34,35,36);(H,6,7)/t23-,25-;/m0./s1. The van der Waals surface area contributed by atoms with Crippen LogP contribution in [0.15, 0.2) is 48.5 Å². The number of alkyl halides is 3. The lowest BCUT2D eigenvalue weighted by molar-refractivity contribution is -0.921. The van der Waals surface area contributed by atoms with Crippen molar-refractivity contribution in [2.24, 2.45) is 0 Å². The van der Waals surface area contributed by atoms with E-state index in [9.17, 15) is 32.7 Å². The van der Waals surface area contributed by atoms with Gasteiger partial charge in [-0.15, -0.1) is 0 Å². The summed E-state index contributed by atoms with van der Waals surface area (Å²) < 4.78 is 37.6. The van der Waals surface area contributed by atoms with E-state index in [0.717, 1.165) is 29.6 Å². The fraction of sp³-hybridized carbons (Fsp3) is 0.467. The van der Waals surface area contributed by atoms with Crippen LogP contribution in [0.3, 0.4) is 0 Å². The molecule has 0 unspecified atom stereocenters. The quantitative estimate of drug-likeness (QED) is 0.260. The number of ether oxygens (including phenoxy) is 1. The Kier molecular flexibility index (Phi) is 12.0. The Balaban J connectivity index is 0.000000676. The van der Waals surface area contributed by atoms with Crippen molar-refractivity contribution in [3.05, 3.63) is 59.7 Å². The molecular formula is C30H37F3N4O7. The van der Waals surface area contributed by atoms with Gasteiger partial charge in [-0.05, 0) is 68.1 Å². The summed E-state index contributed by atoms with van der Waals surface area (Å²) in [7, 11) is 0. The van der Waals surface area contributed by atoms with Crippen molar-refractivity contribution in [1.82, 2.24) is 10.6 Å². The van der Waals surface area contributed by atoms with Crippen molar-refractivity contribution in [3.63, 3.8) is 0 Å². The van der Waals surface area contributed by atoms with Crippen molar-refractivity contribution < 1.29 is 51.8 Å². The minimum atomic E-state index is -5.19. The Labute approximate surface area is 253 Å². The van der Waals surface area contributed by atoms with Gasteiger partial charge in [-0.25, -0.2) is 9.59 Å². The second-order valence-electron chi connectivity index (χ2n) is 10.9. The first-order valence-electron chi connectivity index (χ1n) is 14.4. The molecule has 0 aromatic heterocycles. The van der Waals surface area contributed by atoms with Gasteiger partial charge in [0.15, 0.2) is 0 Å². The Morgan fingerprint density at radius 1 is 1.00 bits per heavy atom. The van der Waals surface area contributed by atoms with Gasteiger partial charge in [0.2, 0.25) is 5.91 Å². The fourth-order valence-corrected chi connectivity index (χ4v) is 5.40. The highest BCUT2D eigenvalue weighted by atomic mass is 19.4. The molecule has 2 saturated heterocycles. The summed E-state index contributed by atoms with van der Waals surface area (Å²) in [6, 6.07) is 11.8. The summed E-state index contributed by atoms with van der Waals surface area (Å²) >= 11 is 0. The average Bonchev–Trinajstić information content (AvgIpc) is 3.35. The molecule has 1 spiro atoms. The normalized spacial score (nSPS) is 17.9. The van der Waals surface area contributed by atoms with Gasteiger partial charge in [0, 0.05) is 18.5 Å². The number of hydrogen-bond acceptors (Lipinski definition) is 7. The highest BCUT2D eigenvalue weighted by molar-refractivity contribution is 5.95. The molecule has 14 heteroatoms. The molecule has 3 amide bonds. The number of aromatic hydroxyl groups is 1. The summed E-state index contributed by atoms with van der Waals surface area (Å²) in [5.41, 5.74) is 1.70. The van der Waals surface area contributed by atoms with E-state index < -0.39 is 30.2 Å². The summed E-state index contributed by atoms with van der Waals surface area (Å²) in [4.78, 5) is 46.8. The summed E-state index contributed by atoms with van der Waals surface area (Å²) in [6.07, 6.45) is -0.194. The molecule has 44 heavy (non-hydrogen) atoms. The second kappa shape index (κ2) is 15.4. The smallest absolute Gasteiger partial charge is 0.430 e. The third-order valence-electron chi connectivity index (χ3n) is 7.55. The molecular weight excluding hydrogens is 585 g/mol. The van der Waals surface area contributed by atoms with Crippen LogP contribution in [-0.4, -0.2) is 84.5 Å². The third kappa shape index (κ3) is 10.4. The van der Waals surface area contributed by atoms with Gasteiger partial charge in [-0.3, -0.25) is 4.79 Å². The van der Waals surface area contributed by atoms with E-state index in [1.165, 1.54) is 32.4 Å². The maximum absolute atomic E-state index is 13.3. The number of carbonyl (C=O) groups is 4. The number of benzene rings is 2. The van der Waals surface area contributed by atoms with Gasteiger partial charge >= 0.3 is 18.2 Å². The van der Waals surface area contributed by atoms with Crippen molar-refractivity contribution in [1.29, 1.82) is 0 Å². The number of phenols is 1. The minimum Gasteiger partial charge on any atom is -0.542 e. The van der Waals surface area contributed by atoms with Crippen LogP contribution in [0.5, 0.6) is 5.75 Å². The number of aliphatic carboxylic acids is 1. The Morgan fingerprint density at radius 2 is 1.61 bits per heavy atom. The first kappa shape index (κ1) is 34.2. The van der Waals surface area contributed by atoms with Gasteiger partial charge in [0.25, 0.3) is 0 Å². The molecule has 0 aliphatic carbocycles. The van der Waals surface area contributed by atoms with Gasteiger partial charge < -0.3 is 40.2 Å². The van der Waals surface area contributed by atoms with Crippen LogP contribution >= 0.6 is 0 Å². The Hall–Kier alpha value is -4.33. The zero-order valence-corrected chi connectivity index (χ0v) is 24.3. The predicted octanol–water partition coefficient (Wildman–Crippen LogP) is 2.49. The molecule has 2 atom stereocenters. The van der Waals surface area contributed by atoms with Crippen LogP contribution in [0.4, 0.5) is 23.7 Å². The number of carboxylic acid groups (broad SMARTS) is 1. The van der Waals surface area contributed by atoms with Crippen LogP contribution in [0.2, 0.25) is 0 Å². The highest BCUT2D eigenvalue weighted by Gasteiger charge is 2.40. The number of urea groups is 1. The molecule has 2 heterocycles. The number of carboxylic acids is 1. The largest absolute Gasteiger partial charge is 0.542 e. The van der Waals surface area contributed by atoms with Crippen molar-refractivity contribution in [2.45, 2.75) is 57.3 Å². The Bertz CT molecular complexity index is 1280. The zero-order chi connectivity index (χ0) is 32.3. The second-order valence-corrected chi connectivity index (χ2v) is 10.9. The van der Waals surface area contributed by atoms with E-state index in [0.29, 0.717) is 11.3 Å².